The third-order valence-electron chi connectivity index (χ3n) is 4.72. The van der Waals surface area contributed by atoms with E-state index in [0.717, 1.165) is 36.8 Å². The smallest absolute Gasteiger partial charge is 0.349 e. The van der Waals surface area contributed by atoms with Crippen LogP contribution in [0.4, 0.5) is 0 Å². The lowest BCUT2D eigenvalue weighted by molar-refractivity contribution is -0.138. The number of benzene rings is 2. The largest absolute Gasteiger partial charge is 0.462 e. The maximum absolute atomic E-state index is 12.7. The SMILES string of the molecule is CCCC(CC)CCOC(=O)C(C#N)=C(c1ccccc1)c1ccccc1. The van der Waals surface area contributed by atoms with Gasteiger partial charge in [0.2, 0.25) is 0 Å². The highest BCUT2D eigenvalue weighted by Crippen LogP contribution is 2.27. The first-order chi connectivity index (χ1) is 13.2. The van der Waals surface area contributed by atoms with Crippen LogP contribution in [0, 0.1) is 17.2 Å². The molecule has 27 heavy (non-hydrogen) atoms. The van der Waals surface area contributed by atoms with Crippen molar-refractivity contribution in [3.05, 3.63) is 77.4 Å². The number of nitrogens with zero attached hydrogens (tertiary/aromatic N) is 1. The van der Waals surface area contributed by atoms with E-state index >= 15 is 0 Å². The molecule has 0 saturated carbocycles. The summed E-state index contributed by atoms with van der Waals surface area (Å²) in [7, 11) is 0. The summed E-state index contributed by atoms with van der Waals surface area (Å²) in [6.45, 7) is 4.67. The van der Waals surface area contributed by atoms with Crippen molar-refractivity contribution in [2.24, 2.45) is 5.92 Å². The van der Waals surface area contributed by atoms with Gasteiger partial charge >= 0.3 is 5.97 Å². The molecule has 2 rings (SSSR count). The van der Waals surface area contributed by atoms with E-state index in [2.05, 4.69) is 19.9 Å². The number of nitriles is 1. The van der Waals surface area contributed by atoms with Crippen LogP contribution >= 0.6 is 0 Å². The molecule has 0 aliphatic carbocycles. The molecule has 0 aliphatic rings. The highest BCUT2D eigenvalue weighted by molar-refractivity contribution is 6.05. The van der Waals surface area contributed by atoms with E-state index < -0.39 is 5.97 Å². The van der Waals surface area contributed by atoms with Gasteiger partial charge in [0, 0.05) is 5.57 Å². The zero-order chi connectivity index (χ0) is 19.5. The lowest BCUT2D eigenvalue weighted by Crippen LogP contribution is -2.13. The van der Waals surface area contributed by atoms with Crippen LogP contribution in [0.5, 0.6) is 0 Å². The van der Waals surface area contributed by atoms with E-state index in [1.165, 1.54) is 0 Å². The van der Waals surface area contributed by atoms with Gasteiger partial charge in [-0.2, -0.15) is 5.26 Å². The molecule has 2 aromatic rings. The third-order valence-corrected chi connectivity index (χ3v) is 4.72. The third kappa shape index (κ3) is 5.82. The second kappa shape index (κ2) is 11.0. The van der Waals surface area contributed by atoms with E-state index in [-0.39, 0.29) is 5.57 Å². The molecule has 0 heterocycles. The Balaban J connectivity index is 2.28. The molecule has 3 heteroatoms. The lowest BCUT2D eigenvalue weighted by Gasteiger charge is -2.15. The van der Waals surface area contributed by atoms with Gasteiger partial charge in [-0.3, -0.25) is 0 Å². The van der Waals surface area contributed by atoms with Crippen molar-refractivity contribution >= 4 is 11.5 Å². The number of ether oxygens (including phenoxy) is 1. The van der Waals surface area contributed by atoms with Crippen molar-refractivity contribution in [3.8, 4) is 6.07 Å². The van der Waals surface area contributed by atoms with Gasteiger partial charge in [0.05, 0.1) is 6.61 Å². The molecule has 0 aliphatic heterocycles. The number of rotatable bonds is 9. The maximum Gasteiger partial charge on any atom is 0.349 e. The molecule has 0 fully saturated rings. The van der Waals surface area contributed by atoms with E-state index in [4.69, 9.17) is 4.74 Å². The fraction of sp³-hybridized carbons (Fsp3) is 0.333. The van der Waals surface area contributed by atoms with Gasteiger partial charge in [0.15, 0.2) is 0 Å². The van der Waals surface area contributed by atoms with Gasteiger partial charge < -0.3 is 4.74 Å². The van der Waals surface area contributed by atoms with Crippen molar-refractivity contribution in [3.63, 3.8) is 0 Å². The normalized spacial score (nSPS) is 11.3. The second-order valence-electron chi connectivity index (χ2n) is 6.58. The monoisotopic (exact) mass is 361 g/mol. The molecule has 1 atom stereocenters. The Morgan fingerprint density at radius 1 is 0.963 bits per heavy atom. The molecule has 0 amide bonds. The van der Waals surface area contributed by atoms with Crippen LogP contribution in [0.25, 0.3) is 5.57 Å². The van der Waals surface area contributed by atoms with Crippen LogP contribution in [0.2, 0.25) is 0 Å². The molecule has 140 valence electrons. The minimum Gasteiger partial charge on any atom is -0.462 e. The van der Waals surface area contributed by atoms with E-state index in [0.29, 0.717) is 18.1 Å². The van der Waals surface area contributed by atoms with Gasteiger partial charge in [0.25, 0.3) is 0 Å². The second-order valence-corrected chi connectivity index (χ2v) is 6.58. The average Bonchev–Trinajstić information content (AvgIpc) is 2.72. The Bertz CT molecular complexity index is 747. The highest BCUT2D eigenvalue weighted by atomic mass is 16.5. The Labute approximate surface area is 162 Å². The minimum absolute atomic E-state index is 0.0518. The molecule has 0 bridgehead atoms. The van der Waals surface area contributed by atoms with Crippen LogP contribution in [0.1, 0.15) is 50.7 Å². The summed E-state index contributed by atoms with van der Waals surface area (Å²) in [5, 5.41) is 9.72. The molecule has 0 spiro atoms. The highest BCUT2D eigenvalue weighted by Gasteiger charge is 2.20. The quantitative estimate of drug-likeness (QED) is 0.323. The van der Waals surface area contributed by atoms with Gasteiger partial charge in [-0.05, 0) is 23.5 Å². The summed E-state index contributed by atoms with van der Waals surface area (Å²) < 4.78 is 5.48. The van der Waals surface area contributed by atoms with Gasteiger partial charge in [-0.15, -0.1) is 0 Å². The summed E-state index contributed by atoms with van der Waals surface area (Å²) in [5.41, 5.74) is 2.32. The first-order valence-corrected chi connectivity index (χ1v) is 9.63. The number of hydrogen-bond acceptors (Lipinski definition) is 3. The number of carbonyl (C=O) groups excluding carboxylic acids is 1. The zero-order valence-corrected chi connectivity index (χ0v) is 16.2. The van der Waals surface area contributed by atoms with Crippen molar-refractivity contribution in [2.75, 3.05) is 6.61 Å². The van der Waals surface area contributed by atoms with Crippen molar-refractivity contribution in [1.82, 2.24) is 0 Å². The average molecular weight is 361 g/mol. The molecular weight excluding hydrogens is 334 g/mol. The summed E-state index contributed by atoms with van der Waals surface area (Å²) in [4.78, 5) is 12.7. The molecule has 0 radical (unpaired) electrons. The Morgan fingerprint density at radius 3 is 1.96 bits per heavy atom. The molecule has 3 nitrogen and oxygen atoms in total. The van der Waals surface area contributed by atoms with Crippen LogP contribution < -0.4 is 0 Å². The van der Waals surface area contributed by atoms with E-state index in [1.807, 2.05) is 60.7 Å². The van der Waals surface area contributed by atoms with Crippen molar-refractivity contribution < 1.29 is 9.53 Å². The van der Waals surface area contributed by atoms with Crippen LogP contribution in [0.15, 0.2) is 66.2 Å². The Hall–Kier alpha value is -2.86. The minimum atomic E-state index is -0.549. The molecule has 0 saturated heterocycles. The van der Waals surface area contributed by atoms with Gasteiger partial charge in [-0.25, -0.2) is 4.79 Å². The van der Waals surface area contributed by atoms with E-state index in [9.17, 15) is 10.1 Å². The molecule has 2 aromatic carbocycles. The predicted octanol–water partition coefficient (Wildman–Crippen LogP) is 5.77. The molecule has 0 N–H and O–H groups in total. The standard InChI is InChI=1S/C24H27NO2/c1-3-11-19(4-2)16-17-27-24(26)22(18-25)23(20-12-7-5-8-13-20)21-14-9-6-10-15-21/h5-10,12-15,19H,3-4,11,16-17H2,1-2H3. The summed E-state index contributed by atoms with van der Waals surface area (Å²) in [6.07, 6.45) is 4.17. The molecule has 0 aromatic heterocycles. The number of carbonyl (C=O) groups is 1. The summed E-state index contributed by atoms with van der Waals surface area (Å²) >= 11 is 0. The Kier molecular flexibility index (Phi) is 8.32. The predicted molar refractivity (Wildman–Crippen MR) is 109 cm³/mol. The van der Waals surface area contributed by atoms with E-state index in [1.54, 1.807) is 0 Å². The topological polar surface area (TPSA) is 50.1 Å². The fourth-order valence-electron chi connectivity index (χ4n) is 3.22. The molecule has 1 unspecified atom stereocenters. The first-order valence-electron chi connectivity index (χ1n) is 9.63. The Morgan fingerprint density at radius 2 is 1.52 bits per heavy atom. The van der Waals surface area contributed by atoms with Crippen LogP contribution in [0.3, 0.4) is 0 Å². The fourth-order valence-corrected chi connectivity index (χ4v) is 3.22. The van der Waals surface area contributed by atoms with Crippen LogP contribution in [-0.2, 0) is 9.53 Å². The van der Waals surface area contributed by atoms with Crippen molar-refractivity contribution in [1.29, 1.82) is 5.26 Å². The van der Waals surface area contributed by atoms with Gasteiger partial charge in [0.1, 0.15) is 11.6 Å². The lowest BCUT2D eigenvalue weighted by atomic mass is 9.93. The zero-order valence-electron chi connectivity index (χ0n) is 16.2. The molecular formula is C24H27NO2. The maximum atomic E-state index is 12.7. The summed E-state index contributed by atoms with van der Waals surface area (Å²) in [6, 6.07) is 21.1. The summed E-state index contributed by atoms with van der Waals surface area (Å²) in [5.74, 6) is 0.00610. The number of hydrogen-bond donors (Lipinski definition) is 0. The first kappa shape index (κ1) is 20.5. The van der Waals surface area contributed by atoms with Crippen LogP contribution in [-0.4, -0.2) is 12.6 Å². The number of esters is 1. The van der Waals surface area contributed by atoms with Crippen molar-refractivity contribution in [2.45, 2.75) is 39.5 Å². The van der Waals surface area contributed by atoms with Gasteiger partial charge in [-0.1, -0.05) is 93.8 Å².